The Balaban J connectivity index is 2.78. The third-order valence-corrected chi connectivity index (χ3v) is 2.60. The molecule has 0 spiro atoms. The van der Waals surface area contributed by atoms with Gasteiger partial charge in [-0.05, 0) is 32.3 Å². The highest BCUT2D eigenvalue weighted by molar-refractivity contribution is 6.01. The van der Waals surface area contributed by atoms with Crippen molar-refractivity contribution in [3.8, 4) is 0 Å². The number of rotatable bonds is 4. The maximum atomic E-state index is 8.09. The van der Waals surface area contributed by atoms with E-state index in [1.54, 1.807) is 18.2 Å². The highest BCUT2D eigenvalue weighted by Gasteiger charge is 2.11. The Labute approximate surface area is 103 Å². The quantitative estimate of drug-likeness (QED) is 0.407. The number of likely N-dealkylation sites (N-methyl/N-ethyl adjacent to an activating group) is 2. The van der Waals surface area contributed by atoms with E-state index in [9.17, 15) is 0 Å². The number of amidine groups is 1. The van der Waals surface area contributed by atoms with Crippen molar-refractivity contribution in [3.63, 3.8) is 0 Å². The predicted molar refractivity (Wildman–Crippen MR) is 73.3 cm³/mol. The molecule has 0 unspecified atom stereocenters. The van der Waals surface area contributed by atoms with Crippen LogP contribution in [0.5, 0.6) is 0 Å². The lowest BCUT2D eigenvalue weighted by atomic mass is 10.1. The molecule has 0 aliphatic heterocycles. The van der Waals surface area contributed by atoms with Crippen LogP contribution in [0.3, 0.4) is 0 Å². The van der Waals surface area contributed by atoms with Crippen molar-refractivity contribution in [3.05, 3.63) is 23.8 Å². The molecule has 0 heterocycles. The van der Waals surface area contributed by atoms with Crippen LogP contribution in [0.1, 0.15) is 5.56 Å². The summed E-state index contributed by atoms with van der Waals surface area (Å²) in [6.07, 6.45) is 0. The van der Waals surface area contributed by atoms with Crippen molar-refractivity contribution in [2.24, 2.45) is 0 Å². The van der Waals surface area contributed by atoms with Crippen LogP contribution in [-0.4, -0.2) is 49.9 Å². The van der Waals surface area contributed by atoms with Crippen LogP contribution in [0.2, 0.25) is 0 Å². The molecule has 0 amide bonds. The summed E-state index contributed by atoms with van der Waals surface area (Å²) in [6.45, 7) is 1.67. The van der Waals surface area contributed by atoms with Gasteiger partial charge in [0.25, 0.3) is 0 Å². The second-order valence-corrected chi connectivity index (χ2v) is 4.42. The third kappa shape index (κ3) is 3.64. The van der Waals surface area contributed by atoms with E-state index in [1.165, 1.54) is 0 Å². The second kappa shape index (κ2) is 5.54. The van der Waals surface area contributed by atoms with Gasteiger partial charge in [-0.15, -0.1) is 0 Å². The Morgan fingerprint density at radius 1 is 1.18 bits per heavy atom. The summed E-state index contributed by atoms with van der Waals surface area (Å²) in [5.74, 6) is 0.400. The van der Waals surface area contributed by atoms with E-state index in [0.717, 1.165) is 13.1 Å². The van der Waals surface area contributed by atoms with Gasteiger partial charge in [0.05, 0.1) is 0 Å². The van der Waals surface area contributed by atoms with E-state index in [4.69, 9.17) is 16.9 Å². The van der Waals surface area contributed by atoms with Crippen LogP contribution in [0, 0.1) is 5.41 Å². The van der Waals surface area contributed by atoms with Gasteiger partial charge in [-0.25, -0.2) is 0 Å². The molecule has 17 heavy (non-hydrogen) atoms. The number of nitrogens with two attached hydrogens (primary N) is 2. The second-order valence-electron chi connectivity index (χ2n) is 4.42. The SMILES string of the molecule is CN(C)CCN(C)C(=N)c1cc(N)ccc1N. The van der Waals surface area contributed by atoms with Crippen molar-refractivity contribution in [1.82, 2.24) is 9.80 Å². The standard InChI is InChI=1S/C12H21N5/c1-16(2)6-7-17(3)12(15)10-8-9(13)4-5-11(10)14/h4-5,8,15H,6-7,13-14H2,1-3H3. The Bertz CT molecular complexity index is 400. The van der Waals surface area contributed by atoms with Crippen LogP contribution in [0.4, 0.5) is 11.4 Å². The number of nitrogens with one attached hydrogen (secondary N) is 1. The Kier molecular flexibility index (Phi) is 4.34. The summed E-state index contributed by atoms with van der Waals surface area (Å²) in [5.41, 5.74) is 13.5. The van der Waals surface area contributed by atoms with Crippen LogP contribution < -0.4 is 11.5 Å². The Hall–Kier alpha value is -1.75. The molecule has 1 aromatic rings. The molecule has 5 N–H and O–H groups in total. The van der Waals surface area contributed by atoms with E-state index in [-0.39, 0.29) is 0 Å². The molecule has 5 nitrogen and oxygen atoms in total. The van der Waals surface area contributed by atoms with Gasteiger partial charge in [0.15, 0.2) is 0 Å². The molecule has 0 aliphatic carbocycles. The van der Waals surface area contributed by atoms with Gasteiger partial charge in [-0.3, -0.25) is 5.41 Å². The molecule has 0 saturated carbocycles. The smallest absolute Gasteiger partial charge is 0.130 e. The molecule has 0 radical (unpaired) electrons. The molecule has 0 aliphatic rings. The summed E-state index contributed by atoms with van der Waals surface area (Å²) in [7, 11) is 5.90. The van der Waals surface area contributed by atoms with Crippen molar-refractivity contribution in [2.45, 2.75) is 0 Å². The fourth-order valence-corrected chi connectivity index (χ4v) is 1.45. The summed E-state index contributed by atoms with van der Waals surface area (Å²) in [6, 6.07) is 5.22. The molecule has 0 atom stereocenters. The maximum absolute atomic E-state index is 8.09. The average molecular weight is 235 g/mol. The molecule has 1 aromatic carbocycles. The van der Waals surface area contributed by atoms with Gasteiger partial charge in [0, 0.05) is 37.1 Å². The Morgan fingerprint density at radius 3 is 2.41 bits per heavy atom. The first-order valence-electron chi connectivity index (χ1n) is 5.51. The molecule has 0 fully saturated rings. The zero-order chi connectivity index (χ0) is 13.0. The number of hydrogen-bond acceptors (Lipinski definition) is 4. The van der Waals surface area contributed by atoms with E-state index in [1.807, 2.05) is 26.0 Å². The van der Waals surface area contributed by atoms with Gasteiger partial charge >= 0.3 is 0 Å². The molecular weight excluding hydrogens is 214 g/mol. The summed E-state index contributed by atoms with van der Waals surface area (Å²) in [4.78, 5) is 3.94. The average Bonchev–Trinajstić information content (AvgIpc) is 2.28. The first-order chi connectivity index (χ1) is 7.91. The van der Waals surface area contributed by atoms with Gasteiger partial charge in [-0.2, -0.15) is 0 Å². The predicted octanol–water partition coefficient (Wildman–Crippen LogP) is 0.670. The molecule has 0 saturated heterocycles. The maximum Gasteiger partial charge on any atom is 0.130 e. The van der Waals surface area contributed by atoms with E-state index in [0.29, 0.717) is 22.8 Å². The lowest BCUT2D eigenvalue weighted by molar-refractivity contribution is 0.356. The molecular formula is C12H21N5. The summed E-state index contributed by atoms with van der Waals surface area (Å²) in [5, 5.41) is 8.09. The van der Waals surface area contributed by atoms with Gasteiger partial charge in [-0.1, -0.05) is 0 Å². The van der Waals surface area contributed by atoms with Gasteiger partial charge in [0.2, 0.25) is 0 Å². The first kappa shape index (κ1) is 13.3. The fourth-order valence-electron chi connectivity index (χ4n) is 1.45. The highest BCUT2D eigenvalue weighted by atomic mass is 15.2. The first-order valence-corrected chi connectivity index (χ1v) is 5.51. The highest BCUT2D eigenvalue weighted by Crippen LogP contribution is 2.17. The third-order valence-electron chi connectivity index (χ3n) is 2.60. The van der Waals surface area contributed by atoms with Crippen molar-refractivity contribution < 1.29 is 0 Å². The minimum absolute atomic E-state index is 0.400. The number of hydrogen-bond donors (Lipinski definition) is 3. The van der Waals surface area contributed by atoms with E-state index in [2.05, 4.69) is 4.90 Å². The minimum Gasteiger partial charge on any atom is -0.399 e. The lowest BCUT2D eigenvalue weighted by Gasteiger charge is -2.23. The fraction of sp³-hybridized carbons (Fsp3) is 0.417. The van der Waals surface area contributed by atoms with Gasteiger partial charge in [0.1, 0.15) is 5.84 Å². The van der Waals surface area contributed by atoms with Crippen molar-refractivity contribution in [1.29, 1.82) is 5.41 Å². The molecule has 94 valence electrons. The summed E-state index contributed by atoms with van der Waals surface area (Å²) < 4.78 is 0. The van der Waals surface area contributed by atoms with E-state index >= 15 is 0 Å². The number of nitrogen functional groups attached to an aromatic ring is 2. The van der Waals surface area contributed by atoms with Gasteiger partial charge < -0.3 is 21.3 Å². The number of anilines is 2. The zero-order valence-electron chi connectivity index (χ0n) is 10.7. The molecule has 5 heteroatoms. The lowest BCUT2D eigenvalue weighted by Crippen LogP contribution is -2.33. The largest absolute Gasteiger partial charge is 0.399 e. The number of benzene rings is 1. The molecule has 1 rings (SSSR count). The topological polar surface area (TPSA) is 82.4 Å². The van der Waals surface area contributed by atoms with Crippen LogP contribution in [0.15, 0.2) is 18.2 Å². The number of nitrogens with zero attached hydrogens (tertiary/aromatic N) is 2. The van der Waals surface area contributed by atoms with Crippen LogP contribution >= 0.6 is 0 Å². The zero-order valence-corrected chi connectivity index (χ0v) is 10.7. The van der Waals surface area contributed by atoms with Crippen molar-refractivity contribution in [2.75, 3.05) is 45.7 Å². The van der Waals surface area contributed by atoms with Crippen LogP contribution in [0.25, 0.3) is 0 Å². The Morgan fingerprint density at radius 2 is 1.82 bits per heavy atom. The normalized spacial score (nSPS) is 10.6. The van der Waals surface area contributed by atoms with Crippen LogP contribution in [-0.2, 0) is 0 Å². The summed E-state index contributed by atoms with van der Waals surface area (Å²) >= 11 is 0. The van der Waals surface area contributed by atoms with Crippen molar-refractivity contribution >= 4 is 17.2 Å². The van der Waals surface area contributed by atoms with E-state index < -0.39 is 0 Å². The molecule has 0 aromatic heterocycles. The molecule has 0 bridgehead atoms. The monoisotopic (exact) mass is 235 g/mol. The minimum atomic E-state index is 0.400.